The lowest BCUT2D eigenvalue weighted by Crippen LogP contribution is -2.59. The Balaban J connectivity index is 2.41. The van der Waals surface area contributed by atoms with Crippen LogP contribution in [0.15, 0.2) is 17.1 Å². The minimum Gasteiger partial charge on any atom is -0.390 e. The number of aliphatic hydroxyl groups is 2. The molecule has 0 bridgehead atoms. The fraction of sp³-hybridized carbons (Fsp3) is 0.818. The van der Waals surface area contributed by atoms with Crippen molar-refractivity contribution in [3.05, 3.63) is 12.2 Å². The van der Waals surface area contributed by atoms with Crippen molar-refractivity contribution >= 4 is 21.7 Å². The highest BCUT2D eigenvalue weighted by atomic mass is 32.2. The predicted molar refractivity (Wildman–Crippen MR) is 123 cm³/mol. The summed E-state index contributed by atoms with van der Waals surface area (Å²) in [5, 5.41) is 19.6. The number of quaternary nitrogens is 1. The molecule has 1 aliphatic rings. The fourth-order valence-electron chi connectivity index (χ4n) is 4.10. The number of carbonyl (C=O) groups is 1. The quantitative estimate of drug-likeness (QED) is 0.125. The van der Waals surface area contributed by atoms with Crippen LogP contribution >= 0.6 is 0 Å². The van der Waals surface area contributed by atoms with Crippen LogP contribution in [-0.4, -0.2) is 83.9 Å². The van der Waals surface area contributed by atoms with E-state index >= 15 is 0 Å². The second kappa shape index (κ2) is 14.8. The molecule has 2 unspecified atom stereocenters. The minimum atomic E-state index is -4.33. The van der Waals surface area contributed by atoms with Crippen molar-refractivity contribution < 1.29 is 32.5 Å². The molecule has 3 N–H and O–H groups in total. The second-order valence-electron chi connectivity index (χ2n) is 8.45. The lowest BCUT2D eigenvalue weighted by Gasteiger charge is -2.34. The molecule has 180 valence electrons. The Bertz CT molecular complexity index is 692. The molecule has 0 amide bonds. The zero-order valence-electron chi connectivity index (χ0n) is 18.9. The third-order valence-electron chi connectivity index (χ3n) is 5.63. The first kappa shape index (κ1) is 27.9. The highest BCUT2D eigenvalue weighted by molar-refractivity contribution is 7.85. The fourth-order valence-corrected chi connectivity index (χ4v) is 4.69. The molecular formula is C22H41N2O6S+. The third-order valence-corrected chi connectivity index (χ3v) is 6.43. The molecule has 8 nitrogen and oxygen atoms in total. The van der Waals surface area contributed by atoms with Crippen molar-refractivity contribution in [2.24, 2.45) is 4.99 Å². The molecule has 0 aromatic rings. The zero-order valence-corrected chi connectivity index (χ0v) is 19.7. The van der Waals surface area contributed by atoms with Gasteiger partial charge in [-0.2, -0.15) is 8.42 Å². The summed E-state index contributed by atoms with van der Waals surface area (Å²) in [6.45, 7) is 2.90. The van der Waals surface area contributed by atoms with Crippen LogP contribution in [0, 0.1) is 0 Å². The van der Waals surface area contributed by atoms with Crippen molar-refractivity contribution in [1.29, 1.82) is 0 Å². The molecular weight excluding hydrogens is 420 g/mol. The van der Waals surface area contributed by atoms with Crippen molar-refractivity contribution in [3.8, 4) is 0 Å². The average Bonchev–Trinajstić information content (AvgIpc) is 3.07. The maximum atomic E-state index is 12.8. The molecule has 0 aromatic carbocycles. The van der Waals surface area contributed by atoms with E-state index in [1.165, 1.54) is 19.3 Å². The van der Waals surface area contributed by atoms with Gasteiger partial charge in [-0.15, -0.1) is 0 Å². The number of aliphatic imine (C=N–C) groups is 1. The summed E-state index contributed by atoms with van der Waals surface area (Å²) in [6.07, 6.45) is 13.4. The first-order chi connectivity index (χ1) is 14.7. The zero-order chi connectivity index (χ0) is 23.2. The van der Waals surface area contributed by atoms with E-state index in [0.717, 1.165) is 38.5 Å². The smallest absolute Gasteiger partial charge is 0.267 e. The molecule has 0 aliphatic carbocycles. The Morgan fingerprint density at radius 2 is 1.77 bits per heavy atom. The molecule has 0 aromatic heterocycles. The van der Waals surface area contributed by atoms with Crippen LogP contribution in [0.2, 0.25) is 0 Å². The Morgan fingerprint density at radius 3 is 2.42 bits per heavy atom. The molecule has 31 heavy (non-hydrogen) atoms. The van der Waals surface area contributed by atoms with Gasteiger partial charge in [-0.1, -0.05) is 51.2 Å². The number of allylic oxidation sites excluding steroid dienone is 2. The highest BCUT2D eigenvalue weighted by Crippen LogP contribution is 2.20. The summed E-state index contributed by atoms with van der Waals surface area (Å²) in [7, 11) is -4.33. The summed E-state index contributed by atoms with van der Waals surface area (Å²) in [5.41, 5.74) is 0. The van der Waals surface area contributed by atoms with Gasteiger partial charge in [0.2, 0.25) is 5.78 Å². The predicted octanol–water partition coefficient (Wildman–Crippen LogP) is 2.50. The van der Waals surface area contributed by atoms with Crippen molar-refractivity contribution in [2.45, 2.75) is 77.2 Å². The van der Waals surface area contributed by atoms with E-state index in [9.17, 15) is 23.4 Å². The van der Waals surface area contributed by atoms with E-state index in [-0.39, 0.29) is 30.0 Å². The number of hydrogen-bond acceptors (Lipinski definition) is 6. The summed E-state index contributed by atoms with van der Waals surface area (Å²) in [6, 6.07) is 0. The number of rotatable bonds is 18. The Labute approximate surface area is 187 Å². The topological polar surface area (TPSA) is 124 Å². The van der Waals surface area contributed by atoms with E-state index in [2.05, 4.69) is 24.1 Å². The lowest BCUT2D eigenvalue weighted by molar-refractivity contribution is -0.837. The molecule has 0 saturated carbocycles. The second-order valence-corrected chi connectivity index (χ2v) is 9.95. The number of ketones is 1. The van der Waals surface area contributed by atoms with Gasteiger partial charge in [0.1, 0.15) is 31.5 Å². The van der Waals surface area contributed by atoms with Crippen molar-refractivity contribution in [2.75, 3.05) is 38.5 Å². The maximum Gasteiger partial charge on any atom is 0.267 e. The summed E-state index contributed by atoms with van der Waals surface area (Å²) in [4.78, 5) is 17.1. The van der Waals surface area contributed by atoms with Crippen LogP contribution in [0.25, 0.3) is 0 Å². The largest absolute Gasteiger partial charge is 0.390 e. The number of Topliss-reactive ketones (excluding diaryl/α,β-unsaturated/α-hetero) is 1. The van der Waals surface area contributed by atoms with Gasteiger partial charge >= 0.3 is 0 Å². The molecule has 0 saturated heterocycles. The van der Waals surface area contributed by atoms with Gasteiger partial charge < -0.3 is 10.2 Å². The first-order valence-electron chi connectivity index (χ1n) is 11.6. The van der Waals surface area contributed by atoms with Crippen molar-refractivity contribution in [1.82, 2.24) is 0 Å². The van der Waals surface area contributed by atoms with Crippen LogP contribution in [0.4, 0.5) is 0 Å². The molecule has 1 aliphatic heterocycles. The molecule has 2 atom stereocenters. The summed E-state index contributed by atoms with van der Waals surface area (Å²) >= 11 is 0. The minimum absolute atomic E-state index is 0.0302. The number of aliphatic hydroxyl groups excluding tert-OH is 2. The van der Waals surface area contributed by atoms with Gasteiger partial charge in [-0.3, -0.25) is 13.8 Å². The third kappa shape index (κ3) is 11.3. The van der Waals surface area contributed by atoms with Gasteiger partial charge in [0.25, 0.3) is 16.0 Å². The van der Waals surface area contributed by atoms with E-state index in [1.807, 2.05) is 0 Å². The monoisotopic (exact) mass is 461 g/mol. The molecule has 0 spiro atoms. The molecule has 1 heterocycles. The van der Waals surface area contributed by atoms with E-state index in [4.69, 9.17) is 4.55 Å². The summed E-state index contributed by atoms with van der Waals surface area (Å²) < 4.78 is 31.1. The van der Waals surface area contributed by atoms with Crippen LogP contribution < -0.4 is 0 Å². The van der Waals surface area contributed by atoms with Crippen LogP contribution in [0.1, 0.15) is 71.1 Å². The number of nitrogens with zero attached hydrogens (tertiary/aromatic N) is 2. The first-order valence-corrected chi connectivity index (χ1v) is 13.2. The van der Waals surface area contributed by atoms with Crippen LogP contribution in [0.5, 0.6) is 0 Å². The number of carbonyl (C=O) groups excluding carboxylic acids is 1. The molecule has 0 radical (unpaired) electrons. The SMILES string of the molecule is CCC/C=C/CCCCCCCCC(=O)C1=NCC[N+]1(CCO)CC(O)CS(=O)(=O)O. The van der Waals surface area contributed by atoms with Gasteiger partial charge in [0.15, 0.2) is 0 Å². The Morgan fingerprint density at radius 1 is 1.13 bits per heavy atom. The van der Waals surface area contributed by atoms with Gasteiger partial charge in [-0.05, 0) is 25.7 Å². The van der Waals surface area contributed by atoms with Crippen LogP contribution in [0.3, 0.4) is 0 Å². The molecule has 9 heteroatoms. The number of hydrogen-bond donors (Lipinski definition) is 3. The van der Waals surface area contributed by atoms with Gasteiger partial charge in [-0.25, -0.2) is 4.99 Å². The average molecular weight is 462 g/mol. The standard InChI is InChI=1S/C22H40N2O6S/c1-2-3-4-5-6-7-8-9-10-11-12-13-21(27)22-23-14-15-24(22,16-17-25)18-20(26)19-31(28,29)30/h4-5,20,25-26H,2-3,6-19H2,1H3/p+1/b5-4+. The number of amidine groups is 1. The Hall–Kier alpha value is -1.13. The van der Waals surface area contributed by atoms with Gasteiger partial charge in [0, 0.05) is 6.42 Å². The van der Waals surface area contributed by atoms with Crippen molar-refractivity contribution in [3.63, 3.8) is 0 Å². The lowest BCUT2D eigenvalue weighted by atomic mass is 10.1. The maximum absolute atomic E-state index is 12.8. The Kier molecular flexibility index (Phi) is 13.4. The highest BCUT2D eigenvalue weighted by Gasteiger charge is 2.43. The normalized spacial score (nSPS) is 20.3. The van der Waals surface area contributed by atoms with Crippen LogP contribution in [-0.2, 0) is 14.9 Å². The number of unbranched alkanes of at least 4 members (excludes halogenated alkanes) is 7. The molecule has 1 rings (SSSR count). The molecule has 0 fully saturated rings. The van der Waals surface area contributed by atoms with E-state index in [0.29, 0.717) is 25.3 Å². The van der Waals surface area contributed by atoms with E-state index in [1.54, 1.807) is 0 Å². The van der Waals surface area contributed by atoms with Gasteiger partial charge in [0.05, 0.1) is 13.2 Å². The van der Waals surface area contributed by atoms with E-state index < -0.39 is 22.0 Å². The summed E-state index contributed by atoms with van der Waals surface area (Å²) in [5.74, 6) is -0.595.